The molecule has 1 aromatic heterocycles. The fourth-order valence-corrected chi connectivity index (χ4v) is 3.73. The predicted molar refractivity (Wildman–Crippen MR) is 114 cm³/mol. The molecule has 0 N–H and O–H groups in total. The number of nitro groups is 2. The molecule has 2 heterocycles. The van der Waals surface area contributed by atoms with Crippen molar-refractivity contribution in [1.29, 1.82) is 0 Å². The Morgan fingerprint density at radius 3 is 2.62 bits per heavy atom. The maximum atomic E-state index is 12.2. The van der Waals surface area contributed by atoms with Crippen molar-refractivity contribution < 1.29 is 19.4 Å². The number of carbonyl (C=O) groups is 1. The number of nitro benzene ring substituents is 2. The normalized spacial score (nSPS) is 14.3. The summed E-state index contributed by atoms with van der Waals surface area (Å²) in [4.78, 5) is 42.3. The van der Waals surface area contributed by atoms with Crippen LogP contribution in [0.4, 0.5) is 11.4 Å². The molecule has 12 heteroatoms. The van der Waals surface area contributed by atoms with E-state index in [9.17, 15) is 25.0 Å². The number of benzene rings is 2. The molecular formula is C20H13N5O6S. The molecule has 160 valence electrons. The summed E-state index contributed by atoms with van der Waals surface area (Å²) in [5, 5.41) is 23.1. The van der Waals surface area contributed by atoms with Crippen molar-refractivity contribution in [2.45, 2.75) is 10.1 Å². The minimum Gasteiger partial charge on any atom is -0.402 e. The van der Waals surface area contributed by atoms with Gasteiger partial charge in [-0.25, -0.2) is 14.8 Å². The molecule has 0 bridgehead atoms. The maximum Gasteiger partial charge on any atom is 0.363 e. The van der Waals surface area contributed by atoms with Gasteiger partial charge in [-0.2, -0.15) is 0 Å². The fourth-order valence-electron chi connectivity index (χ4n) is 2.84. The van der Waals surface area contributed by atoms with Crippen LogP contribution in [0, 0.1) is 20.2 Å². The van der Waals surface area contributed by atoms with Crippen LogP contribution in [0.5, 0.6) is 0 Å². The third kappa shape index (κ3) is 4.25. The summed E-state index contributed by atoms with van der Waals surface area (Å²) in [6.07, 6.45) is 4.68. The number of ether oxygens (including phenoxy) is 1. The van der Waals surface area contributed by atoms with Gasteiger partial charge in [0.1, 0.15) is 0 Å². The number of esters is 1. The molecule has 3 aromatic rings. The van der Waals surface area contributed by atoms with E-state index in [1.807, 2.05) is 0 Å². The molecule has 0 aliphatic carbocycles. The summed E-state index contributed by atoms with van der Waals surface area (Å²) in [6.45, 7) is 0. The Labute approximate surface area is 184 Å². The Balaban J connectivity index is 1.65. The van der Waals surface area contributed by atoms with E-state index in [0.29, 0.717) is 15.6 Å². The van der Waals surface area contributed by atoms with Crippen molar-refractivity contribution in [3.05, 3.63) is 91.9 Å². The topological polar surface area (TPSA) is 143 Å². The summed E-state index contributed by atoms with van der Waals surface area (Å²) in [5.41, 5.74) is 0.239. The first-order chi connectivity index (χ1) is 15.3. The zero-order valence-corrected chi connectivity index (χ0v) is 17.2. The van der Waals surface area contributed by atoms with Crippen LogP contribution in [0.2, 0.25) is 0 Å². The first kappa shape index (κ1) is 20.9. The number of carbonyl (C=O) groups excluding carboxylic acids is 1. The van der Waals surface area contributed by atoms with Crippen LogP contribution in [0.25, 0.3) is 6.08 Å². The summed E-state index contributed by atoms with van der Waals surface area (Å²) in [6, 6.07) is 10.0. The van der Waals surface area contributed by atoms with E-state index in [0.717, 1.165) is 11.8 Å². The lowest BCUT2D eigenvalue weighted by molar-refractivity contribution is -0.387. The molecule has 0 saturated carbocycles. The fraction of sp³-hybridized carbons (Fsp3) is 0.0500. The molecule has 32 heavy (non-hydrogen) atoms. The first-order valence-electron chi connectivity index (χ1n) is 9.03. The highest BCUT2D eigenvalue weighted by molar-refractivity contribution is 7.99. The molecule has 2 aromatic carbocycles. The van der Waals surface area contributed by atoms with Crippen molar-refractivity contribution in [2.24, 2.45) is 12.0 Å². The van der Waals surface area contributed by atoms with Gasteiger partial charge < -0.3 is 9.30 Å². The molecule has 1 aliphatic rings. The molecule has 11 nitrogen and oxygen atoms in total. The quantitative estimate of drug-likeness (QED) is 0.239. The smallest absolute Gasteiger partial charge is 0.363 e. The van der Waals surface area contributed by atoms with Crippen LogP contribution >= 0.6 is 11.8 Å². The van der Waals surface area contributed by atoms with Crippen molar-refractivity contribution in [1.82, 2.24) is 9.55 Å². The minimum atomic E-state index is -0.763. The van der Waals surface area contributed by atoms with E-state index in [1.54, 1.807) is 36.1 Å². The molecule has 1 aliphatic heterocycles. The number of nitrogens with zero attached hydrogens (tertiary/aromatic N) is 5. The molecule has 0 atom stereocenters. The third-order valence-corrected chi connectivity index (χ3v) is 5.53. The number of rotatable bonds is 6. The van der Waals surface area contributed by atoms with Crippen LogP contribution < -0.4 is 0 Å². The highest BCUT2D eigenvalue weighted by Crippen LogP contribution is 2.35. The van der Waals surface area contributed by atoms with Crippen molar-refractivity contribution in [3.63, 3.8) is 0 Å². The van der Waals surface area contributed by atoms with Crippen LogP contribution in [0.1, 0.15) is 11.1 Å². The second-order valence-corrected chi connectivity index (χ2v) is 7.56. The van der Waals surface area contributed by atoms with E-state index in [-0.39, 0.29) is 28.5 Å². The van der Waals surface area contributed by atoms with Crippen LogP contribution in [-0.4, -0.2) is 31.3 Å². The average molecular weight is 451 g/mol. The lowest BCUT2D eigenvalue weighted by atomic mass is 10.1. The summed E-state index contributed by atoms with van der Waals surface area (Å²) >= 11 is 1.14. The highest BCUT2D eigenvalue weighted by Gasteiger charge is 2.26. The molecule has 0 unspecified atom stereocenters. The van der Waals surface area contributed by atoms with Gasteiger partial charge in [0.05, 0.1) is 14.7 Å². The van der Waals surface area contributed by atoms with Crippen molar-refractivity contribution in [3.8, 4) is 0 Å². The largest absolute Gasteiger partial charge is 0.402 e. The molecule has 0 fully saturated rings. The van der Waals surface area contributed by atoms with Crippen LogP contribution in [-0.2, 0) is 16.6 Å². The Hall–Kier alpha value is -4.32. The van der Waals surface area contributed by atoms with E-state index in [2.05, 4.69) is 9.98 Å². The van der Waals surface area contributed by atoms with E-state index in [4.69, 9.17) is 4.74 Å². The van der Waals surface area contributed by atoms with Gasteiger partial charge in [-0.1, -0.05) is 12.1 Å². The molecule has 0 amide bonds. The number of aryl methyl sites for hydroxylation is 1. The second kappa shape index (κ2) is 8.43. The van der Waals surface area contributed by atoms with Gasteiger partial charge in [-0.15, -0.1) is 0 Å². The first-order valence-corrected chi connectivity index (χ1v) is 9.84. The average Bonchev–Trinajstić information content (AvgIpc) is 3.34. The zero-order valence-electron chi connectivity index (χ0n) is 16.4. The molecule has 0 saturated heterocycles. The summed E-state index contributed by atoms with van der Waals surface area (Å²) in [7, 11) is 1.78. The Kier molecular flexibility index (Phi) is 5.52. The zero-order chi connectivity index (χ0) is 22.8. The van der Waals surface area contributed by atoms with E-state index < -0.39 is 15.8 Å². The lowest BCUT2D eigenvalue weighted by Crippen LogP contribution is -2.05. The summed E-state index contributed by atoms with van der Waals surface area (Å²) in [5.74, 6) is -0.845. The molecular weight excluding hydrogens is 438 g/mol. The standard InChI is InChI=1S/C20H13N5O6S/c1-23-8-7-21-20(23)32-17-6-5-12(10-16(17)25(29)30)9-15-19(26)31-18(22-15)13-3-2-4-14(11-13)24(27)28/h2-11H,1H3. The Morgan fingerprint density at radius 1 is 1.12 bits per heavy atom. The van der Waals surface area contributed by atoms with Crippen molar-refractivity contribution >= 4 is 41.1 Å². The second-order valence-electron chi connectivity index (χ2n) is 6.55. The van der Waals surface area contributed by atoms with E-state index in [1.165, 1.54) is 36.4 Å². The van der Waals surface area contributed by atoms with Gasteiger partial charge in [-0.05, 0) is 35.5 Å². The van der Waals surface area contributed by atoms with Crippen LogP contribution in [0.15, 0.2) is 75.6 Å². The maximum absolute atomic E-state index is 12.2. The lowest BCUT2D eigenvalue weighted by Gasteiger charge is -2.04. The van der Waals surface area contributed by atoms with Crippen molar-refractivity contribution in [2.75, 3.05) is 0 Å². The highest BCUT2D eigenvalue weighted by atomic mass is 32.2. The minimum absolute atomic E-state index is 0.0784. The molecule has 0 spiro atoms. The number of cyclic esters (lactones) is 1. The van der Waals surface area contributed by atoms with Gasteiger partial charge in [-0.3, -0.25) is 20.2 Å². The van der Waals surface area contributed by atoms with Gasteiger partial charge in [0.25, 0.3) is 11.4 Å². The monoisotopic (exact) mass is 451 g/mol. The molecule has 4 rings (SSSR count). The number of hydrogen-bond donors (Lipinski definition) is 0. The SMILES string of the molecule is Cn1ccnc1Sc1ccc(C=C2N=C(c3cccc([N+](=O)[O-])c3)OC2=O)cc1[N+](=O)[O-]. The molecule has 0 radical (unpaired) electrons. The number of imidazole rings is 1. The van der Waals surface area contributed by atoms with Gasteiger partial charge in [0.2, 0.25) is 5.90 Å². The predicted octanol–water partition coefficient (Wildman–Crippen LogP) is 3.73. The third-order valence-electron chi connectivity index (χ3n) is 4.39. The van der Waals surface area contributed by atoms with Crippen LogP contribution in [0.3, 0.4) is 0 Å². The number of hydrogen-bond acceptors (Lipinski definition) is 9. The number of non-ortho nitro benzene ring substituents is 1. The number of aromatic nitrogens is 2. The van der Waals surface area contributed by atoms with Gasteiger partial charge >= 0.3 is 5.97 Å². The van der Waals surface area contributed by atoms with E-state index >= 15 is 0 Å². The summed E-state index contributed by atoms with van der Waals surface area (Å²) < 4.78 is 6.86. The Bertz CT molecular complexity index is 1330. The number of aliphatic imine (C=N–C) groups is 1. The van der Waals surface area contributed by atoms with Gasteiger partial charge in [0, 0.05) is 43.2 Å². The van der Waals surface area contributed by atoms with Gasteiger partial charge in [0.15, 0.2) is 10.9 Å². The Morgan fingerprint density at radius 2 is 1.94 bits per heavy atom.